The highest BCUT2D eigenvalue weighted by molar-refractivity contribution is 7.99. The van der Waals surface area contributed by atoms with E-state index >= 15 is 0 Å². The molecule has 2 atom stereocenters. The van der Waals surface area contributed by atoms with E-state index in [0.29, 0.717) is 6.04 Å². The topological polar surface area (TPSA) is 23.5 Å². The lowest BCUT2D eigenvalue weighted by atomic mass is 10.1. The average Bonchev–Trinajstić information content (AvgIpc) is 2.90. The second-order valence-corrected chi connectivity index (χ2v) is 5.86. The van der Waals surface area contributed by atoms with E-state index in [1.807, 2.05) is 42.1 Å². The second-order valence-electron chi connectivity index (χ2n) is 4.71. The predicted octanol–water partition coefficient (Wildman–Crippen LogP) is 2.55. The zero-order chi connectivity index (χ0) is 12.1. The largest absolute Gasteiger partial charge is 0.388 e. The summed E-state index contributed by atoms with van der Waals surface area (Å²) in [6, 6.07) is 10.7. The maximum absolute atomic E-state index is 10.1. The maximum atomic E-state index is 10.1. The second kappa shape index (κ2) is 6.43. The van der Waals surface area contributed by atoms with Crippen LogP contribution < -0.4 is 0 Å². The SMILES string of the molecule is CN(CC[C@@H](O)c1ccccc1)C1CCSC1. The third-order valence-corrected chi connectivity index (χ3v) is 4.61. The van der Waals surface area contributed by atoms with Crippen molar-refractivity contribution >= 4 is 11.8 Å². The molecule has 0 aromatic heterocycles. The average molecular weight is 251 g/mol. The molecular formula is C14H21NOS. The normalized spacial score (nSPS) is 21.9. The molecule has 1 aromatic rings. The Hall–Kier alpha value is -0.510. The minimum atomic E-state index is -0.326. The molecule has 2 rings (SSSR count). The molecule has 0 saturated carbocycles. The van der Waals surface area contributed by atoms with E-state index in [9.17, 15) is 5.11 Å². The molecule has 94 valence electrons. The molecule has 1 aliphatic rings. The maximum Gasteiger partial charge on any atom is 0.0802 e. The highest BCUT2D eigenvalue weighted by Crippen LogP contribution is 2.23. The quantitative estimate of drug-likeness (QED) is 0.870. The van der Waals surface area contributed by atoms with Crippen molar-refractivity contribution in [1.82, 2.24) is 4.90 Å². The Labute approximate surface area is 108 Å². The minimum absolute atomic E-state index is 0.326. The van der Waals surface area contributed by atoms with Gasteiger partial charge >= 0.3 is 0 Å². The van der Waals surface area contributed by atoms with Crippen molar-refractivity contribution in [3.8, 4) is 0 Å². The van der Waals surface area contributed by atoms with Gasteiger partial charge in [0, 0.05) is 18.3 Å². The lowest BCUT2D eigenvalue weighted by molar-refractivity contribution is 0.140. The molecule has 1 saturated heterocycles. The summed E-state index contributed by atoms with van der Waals surface area (Å²) >= 11 is 2.04. The van der Waals surface area contributed by atoms with Gasteiger partial charge in [0.05, 0.1) is 6.10 Å². The fraction of sp³-hybridized carbons (Fsp3) is 0.571. The lowest BCUT2D eigenvalue weighted by Crippen LogP contribution is -2.32. The molecule has 3 heteroatoms. The van der Waals surface area contributed by atoms with Gasteiger partial charge in [0.25, 0.3) is 0 Å². The van der Waals surface area contributed by atoms with E-state index in [1.54, 1.807) is 0 Å². The third kappa shape index (κ3) is 3.73. The molecule has 1 fully saturated rings. The van der Waals surface area contributed by atoms with Crippen LogP contribution in [-0.4, -0.2) is 41.1 Å². The Morgan fingerprint density at radius 1 is 1.41 bits per heavy atom. The number of hydrogen-bond donors (Lipinski definition) is 1. The van der Waals surface area contributed by atoms with Gasteiger partial charge in [-0.3, -0.25) is 0 Å². The van der Waals surface area contributed by atoms with Gasteiger partial charge in [0.15, 0.2) is 0 Å². The summed E-state index contributed by atoms with van der Waals surface area (Å²) in [5, 5.41) is 10.1. The lowest BCUT2D eigenvalue weighted by Gasteiger charge is -2.24. The first-order valence-electron chi connectivity index (χ1n) is 6.28. The van der Waals surface area contributed by atoms with Gasteiger partial charge in [-0.1, -0.05) is 30.3 Å². The summed E-state index contributed by atoms with van der Waals surface area (Å²) in [5.74, 6) is 2.54. The predicted molar refractivity (Wildman–Crippen MR) is 74.4 cm³/mol. The van der Waals surface area contributed by atoms with Gasteiger partial charge in [-0.05, 0) is 31.2 Å². The van der Waals surface area contributed by atoms with E-state index < -0.39 is 0 Å². The summed E-state index contributed by atoms with van der Waals surface area (Å²) in [7, 11) is 2.17. The van der Waals surface area contributed by atoms with Crippen molar-refractivity contribution in [3.05, 3.63) is 35.9 Å². The van der Waals surface area contributed by atoms with Crippen LogP contribution in [0.15, 0.2) is 30.3 Å². The number of benzene rings is 1. The Balaban J connectivity index is 1.77. The van der Waals surface area contributed by atoms with E-state index in [1.165, 1.54) is 17.9 Å². The highest BCUT2D eigenvalue weighted by Gasteiger charge is 2.20. The fourth-order valence-corrected chi connectivity index (χ4v) is 3.52. The fourth-order valence-electron chi connectivity index (χ4n) is 2.22. The van der Waals surface area contributed by atoms with Gasteiger partial charge in [-0.15, -0.1) is 0 Å². The van der Waals surface area contributed by atoms with Crippen LogP contribution in [-0.2, 0) is 0 Å². The molecule has 17 heavy (non-hydrogen) atoms. The molecule has 1 heterocycles. The summed E-state index contributed by atoms with van der Waals surface area (Å²) in [5.41, 5.74) is 1.03. The van der Waals surface area contributed by atoms with Crippen LogP contribution >= 0.6 is 11.8 Å². The minimum Gasteiger partial charge on any atom is -0.388 e. The first-order valence-corrected chi connectivity index (χ1v) is 7.44. The molecular weight excluding hydrogens is 230 g/mol. The molecule has 0 radical (unpaired) electrons. The summed E-state index contributed by atoms with van der Waals surface area (Å²) in [6.45, 7) is 0.973. The number of aliphatic hydroxyl groups excluding tert-OH is 1. The Kier molecular flexibility index (Phi) is 4.89. The number of rotatable bonds is 5. The van der Waals surface area contributed by atoms with E-state index in [4.69, 9.17) is 0 Å². The molecule has 0 amide bonds. The molecule has 1 aliphatic heterocycles. The smallest absolute Gasteiger partial charge is 0.0802 e. The molecule has 0 bridgehead atoms. The van der Waals surface area contributed by atoms with Crippen LogP contribution in [0.25, 0.3) is 0 Å². The molecule has 1 unspecified atom stereocenters. The highest BCUT2D eigenvalue weighted by atomic mass is 32.2. The van der Waals surface area contributed by atoms with Crippen molar-refractivity contribution < 1.29 is 5.11 Å². The van der Waals surface area contributed by atoms with E-state index in [2.05, 4.69) is 11.9 Å². The number of aliphatic hydroxyl groups is 1. The van der Waals surface area contributed by atoms with Gasteiger partial charge in [0.2, 0.25) is 0 Å². The monoisotopic (exact) mass is 251 g/mol. The van der Waals surface area contributed by atoms with E-state index in [0.717, 1.165) is 18.5 Å². The van der Waals surface area contributed by atoms with E-state index in [-0.39, 0.29) is 6.10 Å². The van der Waals surface area contributed by atoms with Gasteiger partial charge in [0.1, 0.15) is 0 Å². The molecule has 1 N–H and O–H groups in total. The molecule has 2 nitrogen and oxygen atoms in total. The van der Waals surface area contributed by atoms with Crippen LogP contribution in [0.3, 0.4) is 0 Å². The van der Waals surface area contributed by atoms with Gasteiger partial charge < -0.3 is 10.0 Å². The zero-order valence-corrected chi connectivity index (χ0v) is 11.2. The third-order valence-electron chi connectivity index (χ3n) is 3.47. The van der Waals surface area contributed by atoms with Crippen molar-refractivity contribution in [3.63, 3.8) is 0 Å². The number of nitrogens with zero attached hydrogens (tertiary/aromatic N) is 1. The number of hydrogen-bond acceptors (Lipinski definition) is 3. The molecule has 0 aliphatic carbocycles. The summed E-state index contributed by atoms with van der Waals surface area (Å²) in [4.78, 5) is 2.40. The summed E-state index contributed by atoms with van der Waals surface area (Å²) < 4.78 is 0. The van der Waals surface area contributed by atoms with Crippen LogP contribution in [0, 0.1) is 0 Å². The first kappa shape index (κ1) is 12.9. The summed E-state index contributed by atoms with van der Waals surface area (Å²) in [6.07, 6.45) is 1.79. The number of thioether (sulfide) groups is 1. The standard InChI is InChI=1S/C14H21NOS/c1-15(13-8-10-17-11-13)9-7-14(16)12-5-3-2-4-6-12/h2-6,13-14,16H,7-11H2,1H3/t13?,14-/m1/s1. The Morgan fingerprint density at radius 2 is 2.18 bits per heavy atom. The molecule has 1 aromatic carbocycles. The van der Waals surface area contributed by atoms with Crippen LogP contribution in [0.1, 0.15) is 24.5 Å². The van der Waals surface area contributed by atoms with Crippen molar-refractivity contribution in [2.45, 2.75) is 25.0 Å². The zero-order valence-electron chi connectivity index (χ0n) is 10.4. The molecule has 0 spiro atoms. The van der Waals surface area contributed by atoms with Crippen molar-refractivity contribution in [2.24, 2.45) is 0 Å². The van der Waals surface area contributed by atoms with Gasteiger partial charge in [-0.2, -0.15) is 11.8 Å². The van der Waals surface area contributed by atoms with Crippen LogP contribution in [0.4, 0.5) is 0 Å². The first-order chi connectivity index (χ1) is 8.27. The Bertz CT molecular complexity index is 324. The van der Waals surface area contributed by atoms with Crippen molar-refractivity contribution in [1.29, 1.82) is 0 Å². The van der Waals surface area contributed by atoms with Crippen molar-refractivity contribution in [2.75, 3.05) is 25.1 Å². The van der Waals surface area contributed by atoms with Gasteiger partial charge in [-0.25, -0.2) is 0 Å². The van der Waals surface area contributed by atoms with Crippen LogP contribution in [0.2, 0.25) is 0 Å². The Morgan fingerprint density at radius 3 is 2.82 bits per heavy atom. The van der Waals surface area contributed by atoms with Crippen LogP contribution in [0.5, 0.6) is 0 Å².